The molecule has 3 amide bonds. The Balaban J connectivity index is 1.74. The van der Waals surface area contributed by atoms with Gasteiger partial charge in [-0.2, -0.15) is 8.78 Å². The van der Waals surface area contributed by atoms with E-state index in [4.69, 9.17) is 10.5 Å². The van der Waals surface area contributed by atoms with Crippen molar-refractivity contribution >= 4 is 29.1 Å². The number of ether oxygens (including phenoxy) is 2. The summed E-state index contributed by atoms with van der Waals surface area (Å²) in [6.45, 7) is -2.83. The van der Waals surface area contributed by atoms with E-state index in [2.05, 4.69) is 15.4 Å². The number of hydrogen-bond acceptors (Lipinski definition) is 6. The summed E-state index contributed by atoms with van der Waals surface area (Å²) in [5.74, 6) is -1.66. The number of anilines is 2. The normalized spacial score (nSPS) is 18.0. The Labute approximate surface area is 171 Å². The Hall–Kier alpha value is -2.79. The molecule has 4 N–H and O–H groups in total. The maximum absolute atomic E-state index is 12.9. The second kappa shape index (κ2) is 9.81. The predicted molar refractivity (Wildman–Crippen MR) is 103 cm³/mol. The number of morpholine rings is 1. The van der Waals surface area contributed by atoms with Gasteiger partial charge in [-0.05, 0) is 25.0 Å². The number of nitrogens with one attached hydrogen (secondary N) is 2. The second-order valence-electron chi connectivity index (χ2n) is 7.07. The van der Waals surface area contributed by atoms with Crippen LogP contribution in [0.4, 0.5) is 20.2 Å². The first-order valence-electron chi connectivity index (χ1n) is 9.67. The summed E-state index contributed by atoms with van der Waals surface area (Å²) in [6, 6.07) is 3.09. The summed E-state index contributed by atoms with van der Waals surface area (Å²) < 4.78 is 35.4. The first kappa shape index (κ1) is 21.9. The first-order valence-corrected chi connectivity index (χ1v) is 9.67. The molecule has 1 aliphatic carbocycles. The fourth-order valence-electron chi connectivity index (χ4n) is 3.18. The molecule has 2 fully saturated rings. The molecule has 1 heterocycles. The molecular formula is C19H24F2N4O5. The molecule has 0 aromatic heterocycles. The van der Waals surface area contributed by atoms with E-state index < -0.39 is 18.6 Å². The molecule has 1 saturated heterocycles. The van der Waals surface area contributed by atoms with Gasteiger partial charge < -0.3 is 30.7 Å². The quantitative estimate of drug-likeness (QED) is 0.566. The molecule has 0 spiro atoms. The highest BCUT2D eigenvalue weighted by Crippen LogP contribution is 2.32. The third-order valence-corrected chi connectivity index (χ3v) is 5.08. The molecule has 0 radical (unpaired) electrons. The summed E-state index contributed by atoms with van der Waals surface area (Å²) in [5, 5.41) is 5.05. The van der Waals surface area contributed by atoms with E-state index in [9.17, 15) is 23.2 Å². The Morgan fingerprint density at radius 3 is 2.70 bits per heavy atom. The van der Waals surface area contributed by atoms with Crippen molar-refractivity contribution in [1.29, 1.82) is 0 Å². The maximum Gasteiger partial charge on any atom is 0.387 e. The minimum atomic E-state index is -3.14. The number of benzene rings is 1. The third kappa shape index (κ3) is 5.22. The molecule has 11 heteroatoms. The van der Waals surface area contributed by atoms with Crippen LogP contribution in [0, 0.1) is 5.92 Å². The smallest absolute Gasteiger partial charge is 0.387 e. The summed E-state index contributed by atoms with van der Waals surface area (Å²) in [5.41, 5.74) is 5.92. The van der Waals surface area contributed by atoms with Crippen LogP contribution in [0.25, 0.3) is 0 Å². The highest BCUT2D eigenvalue weighted by atomic mass is 19.3. The molecule has 1 aromatic carbocycles. The summed E-state index contributed by atoms with van der Waals surface area (Å²) in [4.78, 5) is 38.0. The SMILES string of the molecule is NC[C@H](NC(=O)C1CCC1)C(=O)Nc1ccc(N2CCOCC2=O)cc1OC(F)F. The highest BCUT2D eigenvalue weighted by Gasteiger charge is 2.29. The lowest BCUT2D eigenvalue weighted by molar-refractivity contribution is -0.131. The molecular weight excluding hydrogens is 402 g/mol. The Morgan fingerprint density at radius 2 is 2.10 bits per heavy atom. The minimum Gasteiger partial charge on any atom is -0.433 e. The molecule has 1 saturated carbocycles. The van der Waals surface area contributed by atoms with Crippen LogP contribution >= 0.6 is 0 Å². The van der Waals surface area contributed by atoms with Crippen LogP contribution in [-0.2, 0) is 19.1 Å². The van der Waals surface area contributed by atoms with Crippen molar-refractivity contribution < 1.29 is 32.6 Å². The average molecular weight is 426 g/mol. The molecule has 164 valence electrons. The fourth-order valence-corrected chi connectivity index (χ4v) is 3.18. The first-order chi connectivity index (χ1) is 14.4. The van der Waals surface area contributed by atoms with E-state index in [-0.39, 0.29) is 48.9 Å². The molecule has 9 nitrogen and oxygen atoms in total. The van der Waals surface area contributed by atoms with Gasteiger partial charge in [-0.15, -0.1) is 0 Å². The van der Waals surface area contributed by atoms with Gasteiger partial charge in [0.2, 0.25) is 11.8 Å². The van der Waals surface area contributed by atoms with Gasteiger partial charge >= 0.3 is 6.61 Å². The fraction of sp³-hybridized carbons (Fsp3) is 0.526. The van der Waals surface area contributed by atoms with E-state index in [0.717, 1.165) is 19.3 Å². The van der Waals surface area contributed by atoms with Crippen molar-refractivity contribution in [3.63, 3.8) is 0 Å². The lowest BCUT2D eigenvalue weighted by atomic mass is 9.84. The average Bonchev–Trinajstić information content (AvgIpc) is 2.66. The number of rotatable bonds is 8. The van der Waals surface area contributed by atoms with Gasteiger partial charge in [-0.3, -0.25) is 14.4 Å². The van der Waals surface area contributed by atoms with Gasteiger partial charge in [-0.1, -0.05) is 6.42 Å². The number of halogens is 2. The Kier molecular flexibility index (Phi) is 7.16. The van der Waals surface area contributed by atoms with E-state index in [1.165, 1.54) is 23.1 Å². The highest BCUT2D eigenvalue weighted by molar-refractivity contribution is 6.00. The van der Waals surface area contributed by atoms with Crippen molar-refractivity contribution in [3.8, 4) is 5.75 Å². The van der Waals surface area contributed by atoms with Crippen LogP contribution in [0.3, 0.4) is 0 Å². The zero-order valence-electron chi connectivity index (χ0n) is 16.2. The number of carbonyl (C=O) groups is 3. The van der Waals surface area contributed by atoms with Crippen molar-refractivity contribution in [1.82, 2.24) is 5.32 Å². The number of alkyl halides is 2. The molecule has 0 unspecified atom stereocenters. The summed E-state index contributed by atoms with van der Waals surface area (Å²) >= 11 is 0. The standard InChI is InChI=1S/C19H24F2N4O5/c20-19(21)30-15-8-12(25-6-7-29-10-16(25)26)4-5-13(15)23-18(28)14(9-22)24-17(27)11-2-1-3-11/h4-5,8,11,14,19H,1-3,6-7,9-10,22H2,(H,23,28)(H,24,27)/t14-/m0/s1. The minimum absolute atomic E-state index is 0.0268. The predicted octanol–water partition coefficient (Wildman–Crippen LogP) is 0.833. The summed E-state index contributed by atoms with van der Waals surface area (Å²) in [7, 11) is 0. The van der Waals surface area contributed by atoms with Gasteiger partial charge in [0, 0.05) is 30.8 Å². The van der Waals surface area contributed by atoms with Gasteiger partial charge in [0.15, 0.2) is 5.75 Å². The van der Waals surface area contributed by atoms with Crippen LogP contribution in [0.2, 0.25) is 0 Å². The van der Waals surface area contributed by atoms with E-state index in [1.807, 2.05) is 0 Å². The van der Waals surface area contributed by atoms with Crippen molar-refractivity contribution in [3.05, 3.63) is 18.2 Å². The van der Waals surface area contributed by atoms with Gasteiger partial charge in [-0.25, -0.2) is 0 Å². The Morgan fingerprint density at radius 1 is 1.33 bits per heavy atom. The largest absolute Gasteiger partial charge is 0.433 e. The molecule has 3 rings (SSSR count). The molecule has 1 aromatic rings. The number of carbonyl (C=O) groups excluding carboxylic acids is 3. The lowest BCUT2D eigenvalue weighted by Crippen LogP contribution is -2.50. The molecule has 1 aliphatic heterocycles. The third-order valence-electron chi connectivity index (χ3n) is 5.08. The molecule has 0 bridgehead atoms. The molecule has 30 heavy (non-hydrogen) atoms. The molecule has 2 aliphatic rings. The monoisotopic (exact) mass is 426 g/mol. The maximum atomic E-state index is 12.9. The Bertz CT molecular complexity index is 803. The van der Waals surface area contributed by atoms with Crippen molar-refractivity contribution in [2.24, 2.45) is 11.7 Å². The van der Waals surface area contributed by atoms with Crippen molar-refractivity contribution in [2.45, 2.75) is 31.9 Å². The van der Waals surface area contributed by atoms with Crippen LogP contribution in [0.15, 0.2) is 18.2 Å². The number of nitrogens with zero attached hydrogens (tertiary/aromatic N) is 1. The zero-order chi connectivity index (χ0) is 21.7. The van der Waals surface area contributed by atoms with E-state index in [1.54, 1.807) is 0 Å². The van der Waals surface area contributed by atoms with Gasteiger partial charge in [0.1, 0.15) is 12.6 Å². The lowest BCUT2D eigenvalue weighted by Gasteiger charge is -2.28. The summed E-state index contributed by atoms with van der Waals surface area (Å²) in [6.07, 6.45) is 2.49. The van der Waals surface area contributed by atoms with Crippen LogP contribution in [0.1, 0.15) is 19.3 Å². The van der Waals surface area contributed by atoms with E-state index in [0.29, 0.717) is 12.3 Å². The van der Waals surface area contributed by atoms with Crippen molar-refractivity contribution in [2.75, 3.05) is 36.5 Å². The number of nitrogens with two attached hydrogens (primary N) is 1. The van der Waals surface area contributed by atoms with Crippen LogP contribution in [-0.4, -0.2) is 56.7 Å². The van der Waals surface area contributed by atoms with E-state index >= 15 is 0 Å². The zero-order valence-corrected chi connectivity index (χ0v) is 16.2. The number of hydrogen-bond donors (Lipinski definition) is 3. The molecule has 1 atom stereocenters. The van der Waals surface area contributed by atoms with Crippen LogP contribution in [0.5, 0.6) is 5.75 Å². The van der Waals surface area contributed by atoms with Crippen LogP contribution < -0.4 is 26.0 Å². The van der Waals surface area contributed by atoms with Gasteiger partial charge in [0.05, 0.1) is 12.3 Å². The topological polar surface area (TPSA) is 123 Å². The number of amides is 3. The van der Waals surface area contributed by atoms with Gasteiger partial charge in [0.25, 0.3) is 5.91 Å². The second-order valence-corrected chi connectivity index (χ2v) is 7.07.